The van der Waals surface area contributed by atoms with Crippen molar-refractivity contribution in [2.75, 3.05) is 0 Å². The van der Waals surface area contributed by atoms with Crippen molar-refractivity contribution in [2.24, 2.45) is 11.8 Å². The quantitative estimate of drug-likeness (QED) is 0.405. The molecular formula is C29H35NO5. The summed E-state index contributed by atoms with van der Waals surface area (Å²) in [7, 11) is 0. The zero-order chi connectivity index (χ0) is 24.3. The summed E-state index contributed by atoms with van der Waals surface area (Å²) in [6.07, 6.45) is 7.94. The van der Waals surface area contributed by atoms with Gasteiger partial charge in [-0.25, -0.2) is 0 Å². The summed E-state index contributed by atoms with van der Waals surface area (Å²) in [5.41, 5.74) is 1.99. The van der Waals surface area contributed by atoms with Gasteiger partial charge >= 0.3 is 5.97 Å². The Labute approximate surface area is 207 Å². The summed E-state index contributed by atoms with van der Waals surface area (Å²) < 4.78 is 12.5. The smallest absolute Gasteiger partial charge is 0.303 e. The van der Waals surface area contributed by atoms with E-state index in [2.05, 4.69) is 48.5 Å². The van der Waals surface area contributed by atoms with Crippen LogP contribution in [0.25, 0.3) is 0 Å². The third-order valence-electron chi connectivity index (χ3n) is 8.11. The molecule has 2 aromatic carbocycles. The second-order valence-electron chi connectivity index (χ2n) is 10.2. The van der Waals surface area contributed by atoms with Crippen LogP contribution in [0.5, 0.6) is 0 Å². The third kappa shape index (κ3) is 4.81. The van der Waals surface area contributed by atoms with Crippen molar-refractivity contribution in [3.8, 4) is 0 Å². The summed E-state index contributed by atoms with van der Waals surface area (Å²) in [5.74, 6) is -0.333. The topological polar surface area (TPSA) is 70.8 Å². The van der Waals surface area contributed by atoms with E-state index in [1.165, 1.54) is 24.5 Å². The minimum atomic E-state index is -0.955. The highest BCUT2D eigenvalue weighted by atomic mass is 16.9. The molecule has 0 amide bonds. The standard InChI is InChI=1S/C29H35NO5/c1-21(31)33-27-25(22-12-5-2-6-13-22)20-30(32)35-28(27)34-26-18-11-19-29(26,23-14-7-3-8-15-23)24-16-9-4-10-17-24/h3-4,7-10,14-17,20,22,25-28H,2,5-6,11-13,18-19H2,1H3/t25-,26-,27-,28+/m1/s1. The predicted molar refractivity (Wildman–Crippen MR) is 133 cm³/mol. The minimum Gasteiger partial charge on any atom is -0.458 e. The number of ether oxygens (including phenoxy) is 2. The van der Waals surface area contributed by atoms with Crippen LogP contribution in [-0.2, 0) is 24.5 Å². The number of carbonyl (C=O) groups excluding carboxylic acids is 1. The largest absolute Gasteiger partial charge is 0.458 e. The van der Waals surface area contributed by atoms with Gasteiger partial charge in [-0.1, -0.05) is 79.9 Å². The molecule has 2 aliphatic carbocycles. The maximum absolute atomic E-state index is 12.7. The Bertz CT molecular complexity index is 978. The average molecular weight is 478 g/mol. The van der Waals surface area contributed by atoms with E-state index >= 15 is 0 Å². The van der Waals surface area contributed by atoms with Crippen LogP contribution in [-0.4, -0.2) is 35.6 Å². The molecule has 0 saturated heterocycles. The molecule has 2 saturated carbocycles. The molecule has 6 heteroatoms. The predicted octanol–water partition coefficient (Wildman–Crippen LogP) is 5.52. The lowest BCUT2D eigenvalue weighted by atomic mass is 9.71. The fourth-order valence-electron chi connectivity index (χ4n) is 6.56. The lowest BCUT2D eigenvalue weighted by Crippen LogP contribution is -2.53. The van der Waals surface area contributed by atoms with Crippen molar-refractivity contribution in [2.45, 2.75) is 82.2 Å². The molecule has 0 aromatic heterocycles. The third-order valence-corrected chi connectivity index (χ3v) is 8.11. The van der Waals surface area contributed by atoms with Crippen LogP contribution in [0, 0.1) is 17.0 Å². The van der Waals surface area contributed by atoms with Crippen molar-refractivity contribution in [1.29, 1.82) is 0 Å². The van der Waals surface area contributed by atoms with Gasteiger partial charge in [-0.3, -0.25) is 10.0 Å². The molecule has 3 aliphatic rings. The number of hydrogen-bond donors (Lipinski definition) is 0. The molecule has 0 N–H and O–H groups in total. The molecule has 35 heavy (non-hydrogen) atoms. The summed E-state index contributed by atoms with van der Waals surface area (Å²) in [6, 6.07) is 20.9. The van der Waals surface area contributed by atoms with Crippen LogP contribution in [0.15, 0.2) is 60.7 Å². The van der Waals surface area contributed by atoms with Gasteiger partial charge in [0.05, 0.1) is 12.0 Å². The Morgan fingerprint density at radius 3 is 2.17 bits per heavy atom. The van der Waals surface area contributed by atoms with Gasteiger partial charge in [0, 0.05) is 17.2 Å². The summed E-state index contributed by atoms with van der Waals surface area (Å²) in [4.78, 5) is 18.3. The lowest BCUT2D eigenvalue weighted by molar-refractivity contribution is -0.774. The van der Waals surface area contributed by atoms with E-state index in [9.17, 15) is 10.0 Å². The molecule has 186 valence electrons. The van der Waals surface area contributed by atoms with Gasteiger partial charge in [0.2, 0.25) is 12.5 Å². The fraction of sp³-hybridized carbons (Fsp3) is 0.517. The molecule has 2 fully saturated rings. The van der Waals surface area contributed by atoms with Crippen LogP contribution in [0.2, 0.25) is 0 Å². The fourth-order valence-corrected chi connectivity index (χ4v) is 6.56. The van der Waals surface area contributed by atoms with E-state index in [4.69, 9.17) is 14.3 Å². The van der Waals surface area contributed by atoms with Gasteiger partial charge in [-0.15, -0.1) is 0 Å². The Balaban J connectivity index is 1.50. The van der Waals surface area contributed by atoms with Gasteiger partial charge in [-0.05, 0) is 49.1 Å². The van der Waals surface area contributed by atoms with E-state index < -0.39 is 12.4 Å². The highest BCUT2D eigenvalue weighted by Gasteiger charge is 2.50. The molecule has 1 aliphatic heterocycles. The van der Waals surface area contributed by atoms with Crippen molar-refractivity contribution in [3.63, 3.8) is 0 Å². The maximum Gasteiger partial charge on any atom is 0.303 e. The van der Waals surface area contributed by atoms with Crippen LogP contribution in [0.4, 0.5) is 0 Å². The SMILES string of the molecule is CC(=O)O[C@H]1[C@@H](O[C@@H]2CCCC2(c2ccccc2)c2ccccc2)O[N+]([O-])=C[C@@H]1C1CCCCC1. The Hall–Kier alpha value is -2.86. The molecule has 0 spiro atoms. The highest BCUT2D eigenvalue weighted by Crippen LogP contribution is 2.49. The zero-order valence-electron chi connectivity index (χ0n) is 20.4. The van der Waals surface area contributed by atoms with Crippen molar-refractivity contribution < 1.29 is 24.0 Å². The van der Waals surface area contributed by atoms with E-state index in [0.29, 0.717) is 4.90 Å². The molecule has 5 rings (SSSR count). The van der Waals surface area contributed by atoms with E-state index in [0.717, 1.165) is 44.9 Å². The maximum atomic E-state index is 12.7. The number of benzene rings is 2. The van der Waals surface area contributed by atoms with Crippen LogP contribution < -0.4 is 0 Å². The van der Waals surface area contributed by atoms with E-state index in [-0.39, 0.29) is 29.3 Å². The van der Waals surface area contributed by atoms with E-state index in [1.54, 1.807) is 6.21 Å². The van der Waals surface area contributed by atoms with Gasteiger partial charge in [0.15, 0.2) is 6.10 Å². The van der Waals surface area contributed by atoms with E-state index in [1.807, 2.05) is 12.1 Å². The first-order valence-electron chi connectivity index (χ1n) is 13.0. The van der Waals surface area contributed by atoms with Crippen molar-refractivity contribution in [1.82, 2.24) is 0 Å². The second-order valence-corrected chi connectivity index (χ2v) is 10.2. The number of nitrogens with zero attached hydrogens (tertiary/aromatic N) is 1. The molecular weight excluding hydrogens is 442 g/mol. The monoisotopic (exact) mass is 477 g/mol. The Morgan fingerprint density at radius 2 is 1.57 bits per heavy atom. The first kappa shape index (κ1) is 23.9. The molecule has 4 atom stereocenters. The van der Waals surface area contributed by atoms with Gasteiger partial charge < -0.3 is 14.3 Å². The Kier molecular flexibility index (Phi) is 7.09. The molecule has 1 heterocycles. The van der Waals surface area contributed by atoms with Gasteiger partial charge in [0.1, 0.15) is 0 Å². The summed E-state index contributed by atoms with van der Waals surface area (Å²) in [6.45, 7) is 1.41. The summed E-state index contributed by atoms with van der Waals surface area (Å²) >= 11 is 0. The first-order valence-corrected chi connectivity index (χ1v) is 13.0. The molecule has 0 radical (unpaired) electrons. The number of rotatable bonds is 6. The second kappa shape index (κ2) is 10.4. The highest BCUT2D eigenvalue weighted by molar-refractivity contribution is 5.67. The average Bonchev–Trinajstić information content (AvgIpc) is 3.31. The van der Waals surface area contributed by atoms with Gasteiger partial charge in [-0.2, -0.15) is 0 Å². The lowest BCUT2D eigenvalue weighted by Gasteiger charge is -2.43. The van der Waals surface area contributed by atoms with Crippen LogP contribution in [0.3, 0.4) is 0 Å². The Morgan fingerprint density at radius 1 is 0.943 bits per heavy atom. The first-order chi connectivity index (χ1) is 17.1. The molecule has 2 aromatic rings. The molecule has 0 bridgehead atoms. The number of hydrogen-bond acceptors (Lipinski definition) is 5. The van der Waals surface area contributed by atoms with Crippen molar-refractivity contribution in [3.05, 3.63) is 77.0 Å². The van der Waals surface area contributed by atoms with Crippen molar-refractivity contribution >= 4 is 12.2 Å². The van der Waals surface area contributed by atoms with Gasteiger partial charge in [0.25, 0.3) is 0 Å². The number of carbonyl (C=O) groups is 1. The zero-order valence-corrected chi connectivity index (χ0v) is 20.4. The van der Waals surface area contributed by atoms with Crippen LogP contribution in [0.1, 0.15) is 69.4 Å². The molecule has 6 nitrogen and oxygen atoms in total. The minimum absolute atomic E-state index is 0.222. The molecule has 0 unspecified atom stereocenters. The number of esters is 1. The summed E-state index contributed by atoms with van der Waals surface area (Å²) in [5, 5.41) is 12.7. The van der Waals surface area contributed by atoms with Crippen LogP contribution >= 0.6 is 0 Å². The normalized spacial score (nSPS) is 28.7.